The van der Waals surface area contributed by atoms with E-state index in [-0.39, 0.29) is 11.5 Å². The first-order valence-corrected chi connectivity index (χ1v) is 7.60. The zero-order valence-electron chi connectivity index (χ0n) is 13.4. The van der Waals surface area contributed by atoms with Crippen LogP contribution in [0.25, 0.3) is 0 Å². The zero-order chi connectivity index (χ0) is 15.6. The zero-order valence-corrected chi connectivity index (χ0v) is 13.4. The number of hydrogen-bond donors (Lipinski definition) is 1. The Bertz CT molecular complexity index is 680. The van der Waals surface area contributed by atoms with Gasteiger partial charge in [0.15, 0.2) is 0 Å². The highest BCUT2D eigenvalue weighted by atomic mass is 16.1. The van der Waals surface area contributed by atoms with Gasteiger partial charge in [0.05, 0.1) is 12.2 Å². The Labute approximate surface area is 126 Å². The van der Waals surface area contributed by atoms with E-state index in [2.05, 4.69) is 44.5 Å². The smallest absolute Gasteiger partial charge is 0.290 e. The summed E-state index contributed by atoms with van der Waals surface area (Å²) in [4.78, 5) is 12.5. The molecule has 0 atom stereocenters. The predicted octanol–water partition coefficient (Wildman–Crippen LogP) is 3.12. The number of nitrogen functional groups attached to an aromatic ring is 1. The Morgan fingerprint density at radius 2 is 1.95 bits per heavy atom. The van der Waals surface area contributed by atoms with Gasteiger partial charge < -0.3 is 5.73 Å². The maximum absolute atomic E-state index is 12.5. The normalized spacial score (nSPS) is 11.3. The quantitative estimate of drug-likeness (QED) is 0.918. The van der Waals surface area contributed by atoms with Crippen molar-refractivity contribution in [2.24, 2.45) is 0 Å². The van der Waals surface area contributed by atoms with Crippen molar-refractivity contribution in [3.8, 4) is 0 Å². The molecule has 0 aliphatic heterocycles. The summed E-state index contributed by atoms with van der Waals surface area (Å²) < 4.78 is 3.84. The molecule has 0 aliphatic rings. The molecule has 114 valence electrons. The Morgan fingerprint density at radius 1 is 1.24 bits per heavy atom. The summed E-state index contributed by atoms with van der Waals surface area (Å²) in [5.41, 5.74) is 9.66. The second kappa shape index (κ2) is 6.20. The van der Waals surface area contributed by atoms with Crippen molar-refractivity contribution in [3.05, 3.63) is 51.4 Å². The average Bonchev–Trinajstić information content (AvgIpc) is 2.64. The van der Waals surface area contributed by atoms with Gasteiger partial charge in [-0.2, -0.15) is 0 Å². The van der Waals surface area contributed by atoms with Crippen LogP contribution in [0.3, 0.4) is 0 Å². The summed E-state index contributed by atoms with van der Waals surface area (Å²) in [5, 5.41) is 0. The summed E-state index contributed by atoms with van der Waals surface area (Å²) in [6.45, 7) is 9.71. The molecule has 0 radical (unpaired) electrons. The van der Waals surface area contributed by atoms with Crippen molar-refractivity contribution in [3.63, 3.8) is 0 Å². The van der Waals surface area contributed by atoms with Crippen LogP contribution in [0.5, 0.6) is 0 Å². The monoisotopic (exact) mass is 287 g/mol. The number of nitrogens with zero attached hydrogens (tertiary/aromatic N) is 2. The van der Waals surface area contributed by atoms with E-state index < -0.39 is 0 Å². The molecule has 0 fully saturated rings. The third kappa shape index (κ3) is 3.04. The predicted molar refractivity (Wildman–Crippen MR) is 87.8 cm³/mol. The highest BCUT2D eigenvalue weighted by Crippen LogP contribution is 2.21. The van der Waals surface area contributed by atoms with Crippen LogP contribution in [0.4, 0.5) is 5.69 Å². The molecule has 0 aliphatic carbocycles. The van der Waals surface area contributed by atoms with Gasteiger partial charge in [0, 0.05) is 6.54 Å². The second-order valence-electron chi connectivity index (χ2n) is 5.93. The van der Waals surface area contributed by atoms with Gasteiger partial charge in [-0.15, -0.1) is 0 Å². The molecule has 0 bridgehead atoms. The van der Waals surface area contributed by atoms with Crippen molar-refractivity contribution in [2.45, 2.75) is 53.1 Å². The van der Waals surface area contributed by atoms with E-state index >= 15 is 0 Å². The molecule has 0 saturated carbocycles. The fourth-order valence-corrected chi connectivity index (χ4v) is 2.83. The average molecular weight is 287 g/mol. The van der Waals surface area contributed by atoms with Crippen LogP contribution in [0.2, 0.25) is 0 Å². The largest absolute Gasteiger partial charge is 0.393 e. The topological polar surface area (TPSA) is 52.9 Å². The molecule has 21 heavy (non-hydrogen) atoms. The molecule has 1 heterocycles. The summed E-state index contributed by atoms with van der Waals surface area (Å²) >= 11 is 0. The van der Waals surface area contributed by atoms with Crippen LogP contribution < -0.4 is 11.3 Å². The highest BCUT2D eigenvalue weighted by Gasteiger charge is 2.19. The van der Waals surface area contributed by atoms with Crippen LogP contribution in [0.1, 0.15) is 49.9 Å². The van der Waals surface area contributed by atoms with E-state index in [1.165, 1.54) is 5.56 Å². The fourth-order valence-electron chi connectivity index (χ4n) is 2.83. The van der Waals surface area contributed by atoms with Crippen LogP contribution >= 0.6 is 0 Å². The lowest BCUT2D eigenvalue weighted by Gasteiger charge is -2.16. The van der Waals surface area contributed by atoms with Crippen molar-refractivity contribution < 1.29 is 0 Å². The molecule has 2 N–H and O–H groups in total. The lowest BCUT2D eigenvalue weighted by molar-refractivity contribution is 0.443. The Hall–Kier alpha value is -1.97. The first kappa shape index (κ1) is 15.4. The van der Waals surface area contributed by atoms with E-state index in [9.17, 15) is 4.79 Å². The van der Waals surface area contributed by atoms with Crippen molar-refractivity contribution >= 4 is 5.69 Å². The number of aryl methyl sites for hydroxylation is 1. The second-order valence-corrected chi connectivity index (χ2v) is 5.93. The number of rotatable bonds is 5. The van der Waals surface area contributed by atoms with Gasteiger partial charge in [-0.3, -0.25) is 9.48 Å². The van der Waals surface area contributed by atoms with Crippen LogP contribution in [0.15, 0.2) is 29.1 Å². The van der Waals surface area contributed by atoms with Crippen LogP contribution in [-0.4, -0.2) is 9.36 Å². The number of hydrogen-bond acceptors (Lipinski definition) is 2. The molecule has 2 rings (SSSR count). The van der Waals surface area contributed by atoms with Gasteiger partial charge in [0.1, 0.15) is 5.69 Å². The van der Waals surface area contributed by atoms with E-state index in [4.69, 9.17) is 5.73 Å². The lowest BCUT2D eigenvalue weighted by Crippen LogP contribution is -2.25. The molecule has 0 spiro atoms. The Morgan fingerprint density at radius 3 is 2.52 bits per heavy atom. The first-order chi connectivity index (χ1) is 9.95. The molecule has 0 unspecified atom stereocenters. The van der Waals surface area contributed by atoms with Gasteiger partial charge in [-0.05, 0) is 24.8 Å². The minimum atomic E-state index is -0.0753. The Kier molecular flexibility index (Phi) is 4.56. The molecule has 0 amide bonds. The third-order valence-corrected chi connectivity index (χ3v) is 3.71. The van der Waals surface area contributed by atoms with E-state index in [0.29, 0.717) is 12.2 Å². The van der Waals surface area contributed by atoms with Crippen LogP contribution in [0, 0.1) is 6.92 Å². The molecule has 1 aromatic carbocycles. The minimum Gasteiger partial charge on any atom is -0.393 e. The van der Waals surface area contributed by atoms with Crippen molar-refractivity contribution in [1.29, 1.82) is 0 Å². The van der Waals surface area contributed by atoms with Gasteiger partial charge >= 0.3 is 0 Å². The lowest BCUT2D eigenvalue weighted by atomic mass is 10.1. The highest BCUT2D eigenvalue weighted by molar-refractivity contribution is 5.43. The van der Waals surface area contributed by atoms with Crippen molar-refractivity contribution in [1.82, 2.24) is 9.36 Å². The number of benzene rings is 1. The molecule has 4 nitrogen and oxygen atoms in total. The molecular formula is C17H25N3O. The third-order valence-electron chi connectivity index (χ3n) is 3.71. The van der Waals surface area contributed by atoms with E-state index in [1.54, 1.807) is 4.68 Å². The van der Waals surface area contributed by atoms with E-state index in [0.717, 1.165) is 24.2 Å². The summed E-state index contributed by atoms with van der Waals surface area (Å²) in [6.07, 6.45) is 0.973. The molecule has 2 aromatic rings. The SMILES string of the molecule is CCCn1c(C(C)C)c(N)c(=O)n1Cc1cccc(C)c1. The number of nitrogens with two attached hydrogens (primary N) is 1. The molecule has 1 aromatic heterocycles. The summed E-state index contributed by atoms with van der Waals surface area (Å²) in [7, 11) is 0. The maximum Gasteiger partial charge on any atom is 0.290 e. The molecule has 4 heteroatoms. The number of anilines is 1. The summed E-state index contributed by atoms with van der Waals surface area (Å²) in [6, 6.07) is 8.25. The van der Waals surface area contributed by atoms with Crippen LogP contribution in [-0.2, 0) is 13.1 Å². The van der Waals surface area contributed by atoms with Gasteiger partial charge in [-0.1, -0.05) is 50.6 Å². The van der Waals surface area contributed by atoms with Crippen molar-refractivity contribution in [2.75, 3.05) is 5.73 Å². The fraction of sp³-hybridized carbons (Fsp3) is 0.471. The standard InChI is InChI=1S/C17H25N3O/c1-5-9-19-16(12(2)3)15(18)17(21)20(19)11-14-8-6-7-13(4)10-14/h6-8,10,12H,5,9,11,18H2,1-4H3. The van der Waals surface area contributed by atoms with Gasteiger partial charge in [0.2, 0.25) is 0 Å². The number of aromatic nitrogens is 2. The molecule has 0 saturated heterocycles. The first-order valence-electron chi connectivity index (χ1n) is 7.60. The Balaban J connectivity index is 2.52. The summed E-state index contributed by atoms with van der Waals surface area (Å²) in [5.74, 6) is 0.239. The van der Waals surface area contributed by atoms with Gasteiger partial charge in [0.25, 0.3) is 5.56 Å². The minimum absolute atomic E-state index is 0.0753. The maximum atomic E-state index is 12.5. The van der Waals surface area contributed by atoms with Gasteiger partial charge in [-0.25, -0.2) is 4.68 Å². The van der Waals surface area contributed by atoms with E-state index in [1.807, 2.05) is 12.1 Å². The molecular weight excluding hydrogens is 262 g/mol.